The summed E-state index contributed by atoms with van der Waals surface area (Å²) in [6, 6.07) is 4.42. The van der Waals surface area contributed by atoms with E-state index in [2.05, 4.69) is 21.2 Å². The maximum atomic E-state index is 14.4. The fraction of sp³-hybridized carbons (Fsp3) is 0.333. The van der Waals surface area contributed by atoms with E-state index < -0.39 is 0 Å². The fourth-order valence-corrected chi connectivity index (χ4v) is 2.66. The number of ether oxygens (including phenoxy) is 2. The van der Waals surface area contributed by atoms with Crippen molar-refractivity contribution in [1.82, 2.24) is 5.32 Å². The normalized spacial score (nSPS) is 12.2. The number of halogens is 2. The molecule has 2 rings (SSSR count). The number of hydrogen-bond donors (Lipinski definition) is 1. The van der Waals surface area contributed by atoms with Crippen LogP contribution in [0.25, 0.3) is 0 Å². The largest absolute Gasteiger partial charge is 0.493 e. The minimum Gasteiger partial charge on any atom is -0.493 e. The smallest absolute Gasteiger partial charge is 0.174 e. The topological polar surface area (TPSA) is 43.6 Å². The van der Waals surface area contributed by atoms with Crippen LogP contribution in [0.15, 0.2) is 33.5 Å². The van der Waals surface area contributed by atoms with Crippen LogP contribution >= 0.6 is 15.9 Å². The summed E-state index contributed by atoms with van der Waals surface area (Å²) in [5, 5.41) is 3.25. The molecule has 0 saturated carbocycles. The van der Waals surface area contributed by atoms with Crippen LogP contribution in [0.5, 0.6) is 11.5 Å². The van der Waals surface area contributed by atoms with Crippen LogP contribution in [0.4, 0.5) is 4.39 Å². The molecule has 0 spiro atoms. The Hall–Kier alpha value is -1.53. The van der Waals surface area contributed by atoms with Gasteiger partial charge in [-0.2, -0.15) is 0 Å². The molecular weight excluding hydrogens is 341 g/mol. The van der Waals surface area contributed by atoms with E-state index in [1.807, 2.05) is 6.92 Å². The van der Waals surface area contributed by atoms with Gasteiger partial charge in [0.25, 0.3) is 0 Å². The van der Waals surface area contributed by atoms with Crippen molar-refractivity contribution in [2.45, 2.75) is 13.0 Å². The Labute approximate surface area is 131 Å². The van der Waals surface area contributed by atoms with Gasteiger partial charge in [-0.3, -0.25) is 0 Å². The van der Waals surface area contributed by atoms with E-state index in [9.17, 15) is 4.39 Å². The SMILES string of the molecule is CCNC(c1cc(OC)c(OC)cc1F)c1ccoc1Br. The summed E-state index contributed by atoms with van der Waals surface area (Å²) >= 11 is 3.34. The first kappa shape index (κ1) is 15.9. The van der Waals surface area contributed by atoms with Gasteiger partial charge in [0.1, 0.15) is 5.82 Å². The summed E-state index contributed by atoms with van der Waals surface area (Å²) in [4.78, 5) is 0. The maximum absolute atomic E-state index is 14.4. The summed E-state index contributed by atoms with van der Waals surface area (Å²) in [5.41, 5.74) is 1.29. The lowest BCUT2D eigenvalue weighted by Gasteiger charge is -2.20. The van der Waals surface area contributed by atoms with Crippen molar-refractivity contribution in [2.24, 2.45) is 0 Å². The maximum Gasteiger partial charge on any atom is 0.174 e. The highest BCUT2D eigenvalue weighted by atomic mass is 79.9. The Morgan fingerprint density at radius 1 is 1.24 bits per heavy atom. The van der Waals surface area contributed by atoms with Crippen LogP contribution in [-0.2, 0) is 0 Å². The number of nitrogens with one attached hydrogen (secondary N) is 1. The molecule has 6 heteroatoms. The summed E-state index contributed by atoms with van der Waals surface area (Å²) in [6.07, 6.45) is 1.56. The average Bonchev–Trinajstić information content (AvgIpc) is 2.90. The zero-order valence-electron chi connectivity index (χ0n) is 12.1. The van der Waals surface area contributed by atoms with E-state index in [0.29, 0.717) is 28.3 Å². The second-order valence-electron chi connectivity index (χ2n) is 4.37. The Kier molecular flexibility index (Phi) is 5.25. The number of rotatable bonds is 6. The molecule has 114 valence electrons. The quantitative estimate of drug-likeness (QED) is 0.851. The van der Waals surface area contributed by atoms with Crippen LogP contribution in [0.2, 0.25) is 0 Å². The molecule has 0 bridgehead atoms. The van der Waals surface area contributed by atoms with Crippen LogP contribution in [0, 0.1) is 5.82 Å². The van der Waals surface area contributed by atoms with E-state index in [1.54, 1.807) is 18.4 Å². The minimum atomic E-state index is -0.369. The highest BCUT2D eigenvalue weighted by Gasteiger charge is 2.23. The lowest BCUT2D eigenvalue weighted by atomic mass is 10.00. The Morgan fingerprint density at radius 2 is 1.90 bits per heavy atom. The minimum absolute atomic E-state index is 0.345. The summed E-state index contributed by atoms with van der Waals surface area (Å²) in [7, 11) is 3.00. The van der Waals surface area contributed by atoms with E-state index in [-0.39, 0.29) is 11.9 Å². The van der Waals surface area contributed by atoms with Crippen molar-refractivity contribution < 1.29 is 18.3 Å². The number of benzene rings is 1. The van der Waals surface area contributed by atoms with Gasteiger partial charge in [-0.1, -0.05) is 6.92 Å². The first-order valence-electron chi connectivity index (χ1n) is 6.50. The van der Waals surface area contributed by atoms with Gasteiger partial charge in [0.05, 0.1) is 26.5 Å². The molecule has 1 atom stereocenters. The van der Waals surface area contributed by atoms with Gasteiger partial charge >= 0.3 is 0 Å². The van der Waals surface area contributed by atoms with Crippen LogP contribution in [-0.4, -0.2) is 20.8 Å². The molecule has 0 saturated heterocycles. The molecular formula is C15H17BrFNO3. The van der Waals surface area contributed by atoms with Gasteiger partial charge in [0.2, 0.25) is 0 Å². The first-order valence-corrected chi connectivity index (χ1v) is 7.29. The zero-order valence-corrected chi connectivity index (χ0v) is 13.7. The lowest BCUT2D eigenvalue weighted by Crippen LogP contribution is -2.23. The third-order valence-corrected chi connectivity index (χ3v) is 3.82. The van der Waals surface area contributed by atoms with Gasteiger partial charge in [-0.25, -0.2) is 4.39 Å². The van der Waals surface area contributed by atoms with Gasteiger partial charge in [0.15, 0.2) is 16.2 Å². The Bertz CT molecular complexity index is 615. The summed E-state index contributed by atoms with van der Waals surface area (Å²) < 4.78 is 30.6. The van der Waals surface area contributed by atoms with E-state index in [0.717, 1.165) is 5.56 Å². The van der Waals surface area contributed by atoms with Crippen molar-refractivity contribution in [3.05, 3.63) is 46.1 Å². The molecule has 0 aliphatic rings. The van der Waals surface area contributed by atoms with Crippen LogP contribution in [0.3, 0.4) is 0 Å². The molecule has 0 fully saturated rings. The Morgan fingerprint density at radius 3 is 2.43 bits per heavy atom. The molecule has 1 unspecified atom stereocenters. The summed E-state index contributed by atoms with van der Waals surface area (Å²) in [6.45, 7) is 2.63. The van der Waals surface area contributed by atoms with Gasteiger partial charge in [0, 0.05) is 17.2 Å². The molecule has 2 aromatic rings. The highest BCUT2D eigenvalue weighted by molar-refractivity contribution is 9.10. The number of furan rings is 1. The second-order valence-corrected chi connectivity index (χ2v) is 5.09. The van der Waals surface area contributed by atoms with Crippen molar-refractivity contribution in [3.8, 4) is 11.5 Å². The standard InChI is InChI=1S/C15H17BrFNO3/c1-4-18-14(9-5-6-21-15(9)16)10-7-12(19-2)13(20-3)8-11(10)17/h5-8,14,18H,4H2,1-3H3. The van der Waals surface area contributed by atoms with E-state index in [1.165, 1.54) is 20.3 Å². The molecule has 0 radical (unpaired) electrons. The number of methoxy groups -OCH3 is 2. The molecule has 1 aromatic heterocycles. The van der Waals surface area contributed by atoms with Crippen molar-refractivity contribution in [1.29, 1.82) is 0 Å². The predicted octanol–water partition coefficient (Wildman–Crippen LogP) is 3.90. The fourth-order valence-electron chi connectivity index (χ4n) is 2.19. The van der Waals surface area contributed by atoms with Crippen molar-refractivity contribution in [3.63, 3.8) is 0 Å². The second kappa shape index (κ2) is 6.95. The lowest BCUT2D eigenvalue weighted by molar-refractivity contribution is 0.350. The first-order chi connectivity index (χ1) is 10.1. The molecule has 1 aromatic carbocycles. The molecule has 1 N–H and O–H groups in total. The van der Waals surface area contributed by atoms with E-state index >= 15 is 0 Å². The van der Waals surface area contributed by atoms with Crippen molar-refractivity contribution >= 4 is 15.9 Å². The average molecular weight is 358 g/mol. The van der Waals surface area contributed by atoms with E-state index in [4.69, 9.17) is 13.9 Å². The highest BCUT2D eigenvalue weighted by Crippen LogP contribution is 2.36. The van der Waals surface area contributed by atoms with Gasteiger partial charge < -0.3 is 19.2 Å². The third-order valence-electron chi connectivity index (χ3n) is 3.18. The zero-order chi connectivity index (χ0) is 15.4. The van der Waals surface area contributed by atoms with Crippen LogP contribution < -0.4 is 14.8 Å². The Balaban J connectivity index is 2.53. The van der Waals surface area contributed by atoms with Gasteiger partial charge in [-0.15, -0.1) is 0 Å². The molecule has 0 aliphatic carbocycles. The predicted molar refractivity (Wildman–Crippen MR) is 81.4 cm³/mol. The number of hydrogen-bond acceptors (Lipinski definition) is 4. The monoisotopic (exact) mass is 357 g/mol. The molecule has 1 heterocycles. The van der Waals surface area contributed by atoms with Gasteiger partial charge in [-0.05, 0) is 34.6 Å². The molecule has 21 heavy (non-hydrogen) atoms. The van der Waals surface area contributed by atoms with Crippen LogP contribution in [0.1, 0.15) is 24.1 Å². The molecule has 0 amide bonds. The third kappa shape index (κ3) is 3.22. The summed E-state index contributed by atoms with van der Waals surface area (Å²) in [5.74, 6) is 0.475. The molecule has 0 aliphatic heterocycles. The van der Waals surface area contributed by atoms with Crippen molar-refractivity contribution in [2.75, 3.05) is 20.8 Å². The molecule has 4 nitrogen and oxygen atoms in total.